The van der Waals surface area contributed by atoms with E-state index in [9.17, 15) is 14.4 Å². The van der Waals surface area contributed by atoms with Crippen LogP contribution < -0.4 is 16.4 Å². The third kappa shape index (κ3) is 4.03. The van der Waals surface area contributed by atoms with Crippen LogP contribution in [0.3, 0.4) is 0 Å². The molecule has 0 saturated carbocycles. The largest absolute Gasteiger partial charge is 0.354 e. The fourth-order valence-electron chi connectivity index (χ4n) is 2.74. The summed E-state index contributed by atoms with van der Waals surface area (Å²) in [7, 11) is 0. The van der Waals surface area contributed by atoms with Crippen LogP contribution in [0.25, 0.3) is 11.0 Å². The standard InChI is InChI=1S/C19H19N3O3/c23-17(11-10-14-6-2-1-3-7-14)20-12-13-22-16-9-5-4-8-15(16)21-18(24)19(22)25/h1-9H,10-13H2,(H,20,23)(H,21,24). The Hall–Kier alpha value is -3.15. The summed E-state index contributed by atoms with van der Waals surface area (Å²) in [5.41, 5.74) is 1.08. The number of benzene rings is 2. The summed E-state index contributed by atoms with van der Waals surface area (Å²) in [5.74, 6) is -0.0777. The van der Waals surface area contributed by atoms with Gasteiger partial charge in [0.15, 0.2) is 0 Å². The van der Waals surface area contributed by atoms with Gasteiger partial charge in [-0.3, -0.25) is 14.4 Å². The number of carbonyl (C=O) groups excluding carboxylic acids is 1. The number of para-hydroxylation sites is 2. The van der Waals surface area contributed by atoms with Gasteiger partial charge in [-0.1, -0.05) is 42.5 Å². The van der Waals surface area contributed by atoms with Gasteiger partial charge >= 0.3 is 11.1 Å². The highest BCUT2D eigenvalue weighted by atomic mass is 16.2. The van der Waals surface area contributed by atoms with E-state index in [-0.39, 0.29) is 12.5 Å². The molecule has 0 aliphatic rings. The van der Waals surface area contributed by atoms with E-state index in [2.05, 4.69) is 10.3 Å². The molecule has 0 aliphatic heterocycles. The molecule has 6 nitrogen and oxygen atoms in total. The van der Waals surface area contributed by atoms with Crippen LogP contribution in [0.4, 0.5) is 0 Å². The zero-order valence-electron chi connectivity index (χ0n) is 13.7. The molecular formula is C19H19N3O3. The molecule has 1 aromatic heterocycles. The Bertz CT molecular complexity index is 990. The Morgan fingerprint density at radius 2 is 1.72 bits per heavy atom. The zero-order valence-corrected chi connectivity index (χ0v) is 13.7. The summed E-state index contributed by atoms with van der Waals surface area (Å²) in [5, 5.41) is 2.80. The molecule has 0 radical (unpaired) electrons. The molecule has 0 aliphatic carbocycles. The molecule has 2 aromatic carbocycles. The van der Waals surface area contributed by atoms with Crippen LogP contribution in [0, 0.1) is 0 Å². The number of hydrogen-bond acceptors (Lipinski definition) is 3. The first-order valence-corrected chi connectivity index (χ1v) is 8.17. The average Bonchev–Trinajstić information content (AvgIpc) is 2.64. The van der Waals surface area contributed by atoms with Gasteiger partial charge in [-0.2, -0.15) is 0 Å². The van der Waals surface area contributed by atoms with Crippen LogP contribution in [-0.2, 0) is 17.8 Å². The van der Waals surface area contributed by atoms with E-state index in [1.807, 2.05) is 30.3 Å². The monoisotopic (exact) mass is 337 g/mol. The van der Waals surface area contributed by atoms with Crippen LogP contribution in [0.15, 0.2) is 64.2 Å². The van der Waals surface area contributed by atoms with Crippen molar-refractivity contribution in [2.75, 3.05) is 6.54 Å². The normalized spacial score (nSPS) is 10.7. The summed E-state index contributed by atoms with van der Waals surface area (Å²) in [6.45, 7) is 0.543. The van der Waals surface area contributed by atoms with Crippen LogP contribution in [-0.4, -0.2) is 22.0 Å². The predicted octanol–water partition coefficient (Wildman–Crippen LogP) is 1.44. The molecule has 1 heterocycles. The van der Waals surface area contributed by atoms with Crippen molar-refractivity contribution in [1.82, 2.24) is 14.9 Å². The number of aryl methyl sites for hydroxylation is 1. The quantitative estimate of drug-likeness (QED) is 0.668. The van der Waals surface area contributed by atoms with E-state index in [0.29, 0.717) is 30.4 Å². The minimum atomic E-state index is -0.658. The minimum absolute atomic E-state index is 0.0777. The maximum absolute atomic E-state index is 12.1. The van der Waals surface area contributed by atoms with E-state index in [4.69, 9.17) is 0 Å². The lowest BCUT2D eigenvalue weighted by molar-refractivity contribution is -0.121. The molecule has 0 fully saturated rings. The van der Waals surface area contributed by atoms with Gasteiger partial charge in [0.05, 0.1) is 11.0 Å². The molecule has 6 heteroatoms. The lowest BCUT2D eigenvalue weighted by atomic mass is 10.1. The highest BCUT2D eigenvalue weighted by molar-refractivity contribution is 5.76. The number of aromatic amines is 1. The summed E-state index contributed by atoms with van der Waals surface area (Å²) < 4.78 is 1.39. The number of H-pyrrole nitrogens is 1. The van der Waals surface area contributed by atoms with E-state index in [1.54, 1.807) is 24.3 Å². The van der Waals surface area contributed by atoms with Gasteiger partial charge in [-0.25, -0.2) is 0 Å². The Morgan fingerprint density at radius 1 is 1.00 bits per heavy atom. The first-order valence-electron chi connectivity index (χ1n) is 8.17. The summed E-state index contributed by atoms with van der Waals surface area (Å²) in [6, 6.07) is 16.9. The lowest BCUT2D eigenvalue weighted by Crippen LogP contribution is -2.39. The highest BCUT2D eigenvalue weighted by Gasteiger charge is 2.08. The van der Waals surface area contributed by atoms with Crippen molar-refractivity contribution in [3.05, 3.63) is 80.9 Å². The minimum Gasteiger partial charge on any atom is -0.354 e. The first-order chi connectivity index (χ1) is 12.1. The number of aromatic nitrogens is 2. The fraction of sp³-hybridized carbons (Fsp3) is 0.211. The molecule has 0 atom stereocenters. The van der Waals surface area contributed by atoms with Crippen LogP contribution in [0.5, 0.6) is 0 Å². The van der Waals surface area contributed by atoms with Crippen LogP contribution >= 0.6 is 0 Å². The smallest absolute Gasteiger partial charge is 0.316 e. The summed E-state index contributed by atoms with van der Waals surface area (Å²) >= 11 is 0. The van der Waals surface area contributed by atoms with Gasteiger partial charge in [0.2, 0.25) is 5.91 Å². The van der Waals surface area contributed by atoms with Crippen LogP contribution in [0.2, 0.25) is 0 Å². The molecule has 0 unspecified atom stereocenters. The second kappa shape index (κ2) is 7.61. The van der Waals surface area contributed by atoms with Gasteiger partial charge in [-0.15, -0.1) is 0 Å². The molecule has 25 heavy (non-hydrogen) atoms. The van der Waals surface area contributed by atoms with Crippen molar-refractivity contribution >= 4 is 16.9 Å². The first kappa shape index (κ1) is 16.7. The summed E-state index contributed by atoms with van der Waals surface area (Å²) in [6.07, 6.45) is 1.05. The molecule has 128 valence electrons. The number of fused-ring (bicyclic) bond motifs is 1. The lowest BCUT2D eigenvalue weighted by Gasteiger charge is -2.10. The fourth-order valence-corrected chi connectivity index (χ4v) is 2.74. The van der Waals surface area contributed by atoms with Crippen molar-refractivity contribution in [3.63, 3.8) is 0 Å². The Labute approximate surface area is 144 Å². The SMILES string of the molecule is O=C(CCc1ccccc1)NCCn1c(=O)c(=O)[nH]c2ccccc21. The predicted molar refractivity (Wildman–Crippen MR) is 96.6 cm³/mol. The highest BCUT2D eigenvalue weighted by Crippen LogP contribution is 2.06. The van der Waals surface area contributed by atoms with Crippen molar-refractivity contribution in [1.29, 1.82) is 0 Å². The van der Waals surface area contributed by atoms with Crippen LogP contribution in [0.1, 0.15) is 12.0 Å². The number of hydrogen-bond donors (Lipinski definition) is 2. The Morgan fingerprint density at radius 3 is 2.52 bits per heavy atom. The maximum atomic E-state index is 12.1. The van der Waals surface area contributed by atoms with Crippen molar-refractivity contribution in [2.45, 2.75) is 19.4 Å². The molecular weight excluding hydrogens is 318 g/mol. The molecule has 0 bridgehead atoms. The zero-order chi connectivity index (χ0) is 17.6. The van der Waals surface area contributed by atoms with E-state index in [1.165, 1.54) is 4.57 Å². The second-order valence-electron chi connectivity index (χ2n) is 5.76. The van der Waals surface area contributed by atoms with E-state index >= 15 is 0 Å². The van der Waals surface area contributed by atoms with Crippen molar-refractivity contribution < 1.29 is 4.79 Å². The Balaban J connectivity index is 1.61. The van der Waals surface area contributed by atoms with Gasteiger partial charge in [0.25, 0.3) is 0 Å². The third-order valence-corrected chi connectivity index (χ3v) is 4.02. The second-order valence-corrected chi connectivity index (χ2v) is 5.76. The molecule has 1 amide bonds. The number of rotatable bonds is 6. The van der Waals surface area contributed by atoms with Gasteiger partial charge < -0.3 is 14.9 Å². The van der Waals surface area contributed by atoms with Crippen molar-refractivity contribution in [2.24, 2.45) is 0 Å². The van der Waals surface area contributed by atoms with Gasteiger partial charge in [-0.05, 0) is 24.1 Å². The molecule has 3 aromatic rings. The molecule has 2 N–H and O–H groups in total. The molecule has 3 rings (SSSR count). The molecule has 0 saturated heterocycles. The third-order valence-electron chi connectivity index (χ3n) is 4.02. The number of amides is 1. The van der Waals surface area contributed by atoms with Gasteiger partial charge in [0.1, 0.15) is 0 Å². The topological polar surface area (TPSA) is 84.0 Å². The molecule has 0 spiro atoms. The number of nitrogens with one attached hydrogen (secondary N) is 2. The maximum Gasteiger partial charge on any atom is 0.316 e. The summed E-state index contributed by atoms with van der Waals surface area (Å²) in [4.78, 5) is 38.3. The Kier molecular flexibility index (Phi) is 5.09. The van der Waals surface area contributed by atoms with Gasteiger partial charge in [0, 0.05) is 19.5 Å². The number of carbonyl (C=O) groups is 1. The number of nitrogens with zero attached hydrogens (tertiary/aromatic N) is 1. The average molecular weight is 337 g/mol. The van der Waals surface area contributed by atoms with E-state index < -0.39 is 11.1 Å². The van der Waals surface area contributed by atoms with E-state index in [0.717, 1.165) is 5.56 Å². The van der Waals surface area contributed by atoms with Crippen molar-refractivity contribution in [3.8, 4) is 0 Å².